The average Bonchev–Trinajstić information content (AvgIpc) is 1.84. The van der Waals surface area contributed by atoms with Gasteiger partial charge in [-0.15, -0.1) is 0 Å². The number of allylic oxidation sites excluding steroid dienone is 1. The van der Waals surface area contributed by atoms with E-state index in [1.165, 1.54) is 0 Å². The summed E-state index contributed by atoms with van der Waals surface area (Å²) in [6, 6.07) is 0. The summed E-state index contributed by atoms with van der Waals surface area (Å²) in [6.07, 6.45) is -0.280. The molecule has 0 unspecified atom stereocenters. The van der Waals surface area contributed by atoms with Gasteiger partial charge in [-0.05, 0) is 12.8 Å². The first kappa shape index (κ1) is 11.2. The maximum atomic E-state index is 10.4. The van der Waals surface area contributed by atoms with Crippen molar-refractivity contribution in [2.45, 2.75) is 12.8 Å². The van der Waals surface area contributed by atoms with Crippen LogP contribution in [0.3, 0.4) is 0 Å². The van der Waals surface area contributed by atoms with Crippen LogP contribution in [-0.2, 0) is 10.1 Å². The molecule has 0 aromatic carbocycles. The highest BCUT2D eigenvalue weighted by atomic mass is 32.2. The van der Waals surface area contributed by atoms with E-state index in [9.17, 15) is 8.42 Å². The molecule has 0 spiro atoms. The molecule has 4 N–H and O–H groups in total. The lowest BCUT2D eigenvalue weighted by molar-refractivity contribution is 0.185. The minimum Gasteiger partial charge on any atom is -0.480 e. The third-order valence-corrected chi connectivity index (χ3v) is 2.13. The molecule has 0 aromatic heterocycles. The molecule has 0 aromatic rings. The van der Waals surface area contributed by atoms with Crippen molar-refractivity contribution < 1.29 is 28.3 Å². The Labute approximate surface area is 69.5 Å². The van der Waals surface area contributed by atoms with Crippen molar-refractivity contribution in [3.8, 4) is 0 Å². The molecule has 72 valence electrons. The fraction of sp³-hybridized carbons (Fsp3) is 0.600. The van der Waals surface area contributed by atoms with Crippen LogP contribution in [0.5, 0.6) is 0 Å². The molecule has 6 nitrogen and oxygen atoms in total. The molecule has 0 heterocycles. The quantitative estimate of drug-likeness (QED) is 0.371. The lowest BCUT2D eigenvalue weighted by Crippen LogP contribution is -2.06. The van der Waals surface area contributed by atoms with Gasteiger partial charge in [-0.2, -0.15) is 8.42 Å². The summed E-state index contributed by atoms with van der Waals surface area (Å²) >= 11 is 0. The van der Waals surface area contributed by atoms with Crippen molar-refractivity contribution in [1.82, 2.24) is 0 Å². The Morgan fingerprint density at radius 1 is 1.25 bits per heavy atom. The van der Waals surface area contributed by atoms with Crippen LogP contribution in [0.1, 0.15) is 12.8 Å². The summed E-state index contributed by atoms with van der Waals surface area (Å²) in [5.41, 5.74) is 0. The zero-order valence-electron chi connectivity index (χ0n) is 6.13. The molecule has 0 saturated carbocycles. The van der Waals surface area contributed by atoms with Gasteiger partial charge in [-0.1, -0.05) is 0 Å². The van der Waals surface area contributed by atoms with Gasteiger partial charge in [0.1, 0.15) is 0 Å². The maximum absolute atomic E-state index is 10.4. The normalized spacial score (nSPS) is 11.2. The molecule has 0 aliphatic rings. The van der Waals surface area contributed by atoms with Gasteiger partial charge in [-0.3, -0.25) is 4.55 Å². The van der Waals surface area contributed by atoms with Crippen LogP contribution in [0.4, 0.5) is 0 Å². The van der Waals surface area contributed by atoms with Gasteiger partial charge in [-0.25, -0.2) is 0 Å². The largest absolute Gasteiger partial charge is 0.480 e. The molecule has 0 fully saturated rings. The fourth-order valence-corrected chi connectivity index (χ4v) is 1.23. The first-order valence-electron chi connectivity index (χ1n) is 3.09. The predicted octanol–water partition coefficient (Wildman–Crippen LogP) is -0.0682. The molecule has 7 heteroatoms. The van der Waals surface area contributed by atoms with Crippen LogP contribution in [0, 0.1) is 0 Å². The van der Waals surface area contributed by atoms with Crippen LogP contribution >= 0.6 is 0 Å². The van der Waals surface area contributed by atoms with E-state index < -0.39 is 21.0 Å². The second-order valence-electron chi connectivity index (χ2n) is 2.05. The van der Waals surface area contributed by atoms with E-state index in [0.717, 1.165) is 0 Å². The minimum atomic E-state index is -4.57. The van der Waals surface area contributed by atoms with Gasteiger partial charge < -0.3 is 15.3 Å². The Morgan fingerprint density at radius 2 is 1.75 bits per heavy atom. The van der Waals surface area contributed by atoms with Crippen LogP contribution in [0.2, 0.25) is 0 Å². The van der Waals surface area contributed by atoms with Crippen molar-refractivity contribution in [2.75, 3.05) is 6.61 Å². The second-order valence-corrected chi connectivity index (χ2v) is 3.49. The van der Waals surface area contributed by atoms with Gasteiger partial charge in [0, 0.05) is 6.61 Å². The minimum absolute atomic E-state index is 0.0275. The molecular weight excluding hydrogens is 188 g/mol. The lowest BCUT2D eigenvalue weighted by Gasteiger charge is -2.01. The SMILES string of the molecule is O=S(=O)(O)C(CCCO)=C(O)O. The number of aliphatic hydroxyl groups is 3. The van der Waals surface area contributed by atoms with Crippen molar-refractivity contribution in [3.05, 3.63) is 10.9 Å². The topological polar surface area (TPSA) is 115 Å². The number of aliphatic hydroxyl groups excluding tert-OH is 2. The number of rotatable bonds is 4. The molecule has 0 atom stereocenters. The molecule has 0 aliphatic carbocycles. The first-order chi connectivity index (χ1) is 5.39. The molecule has 0 radical (unpaired) electrons. The van der Waals surface area contributed by atoms with Gasteiger partial charge in [0.15, 0.2) is 4.91 Å². The Kier molecular flexibility index (Phi) is 4.01. The second kappa shape index (κ2) is 4.29. The number of hydrogen-bond acceptors (Lipinski definition) is 5. The Hall–Kier alpha value is -0.790. The van der Waals surface area contributed by atoms with E-state index in [2.05, 4.69) is 0 Å². The summed E-state index contributed by atoms with van der Waals surface area (Å²) in [7, 11) is -4.57. The first-order valence-corrected chi connectivity index (χ1v) is 4.53. The van der Waals surface area contributed by atoms with Gasteiger partial charge >= 0.3 is 0 Å². The molecule has 0 saturated heterocycles. The van der Waals surface area contributed by atoms with Crippen molar-refractivity contribution in [2.24, 2.45) is 0 Å². The van der Waals surface area contributed by atoms with E-state index in [1.54, 1.807) is 0 Å². The van der Waals surface area contributed by atoms with Crippen molar-refractivity contribution in [3.63, 3.8) is 0 Å². The summed E-state index contributed by atoms with van der Waals surface area (Å²) in [6.45, 7) is -0.299. The summed E-state index contributed by atoms with van der Waals surface area (Å²) in [5.74, 6) is -1.44. The van der Waals surface area contributed by atoms with Gasteiger partial charge in [0.25, 0.3) is 16.1 Å². The lowest BCUT2D eigenvalue weighted by atomic mass is 10.3. The third-order valence-electron chi connectivity index (χ3n) is 1.12. The van der Waals surface area contributed by atoms with Gasteiger partial charge in [0.2, 0.25) is 0 Å². The molecular formula is C5H10O6S. The van der Waals surface area contributed by atoms with Crippen LogP contribution in [0.15, 0.2) is 10.9 Å². The smallest absolute Gasteiger partial charge is 0.297 e. The molecule has 0 amide bonds. The van der Waals surface area contributed by atoms with Crippen LogP contribution < -0.4 is 0 Å². The van der Waals surface area contributed by atoms with Crippen molar-refractivity contribution >= 4 is 10.1 Å². The fourth-order valence-electron chi connectivity index (χ4n) is 0.596. The average molecular weight is 198 g/mol. The molecule has 0 rings (SSSR count). The highest BCUT2D eigenvalue weighted by molar-refractivity contribution is 7.89. The van der Waals surface area contributed by atoms with Crippen LogP contribution in [0.25, 0.3) is 0 Å². The standard InChI is InChI=1S/C5H10O6S/c6-3-1-2-4(5(7)8)12(9,10)11/h6-8H,1-3H2,(H,9,10,11). The molecule has 0 aliphatic heterocycles. The predicted molar refractivity (Wildman–Crippen MR) is 40.2 cm³/mol. The van der Waals surface area contributed by atoms with Crippen molar-refractivity contribution in [1.29, 1.82) is 0 Å². The zero-order chi connectivity index (χ0) is 9.78. The monoisotopic (exact) mass is 198 g/mol. The highest BCUT2D eigenvalue weighted by Crippen LogP contribution is 2.13. The molecule has 12 heavy (non-hydrogen) atoms. The summed E-state index contributed by atoms with van der Waals surface area (Å²) in [4.78, 5) is -0.878. The Bertz CT molecular complexity index is 260. The van der Waals surface area contributed by atoms with Crippen LogP contribution in [-0.4, -0.2) is 34.9 Å². The highest BCUT2D eigenvalue weighted by Gasteiger charge is 2.18. The van der Waals surface area contributed by atoms with E-state index in [0.29, 0.717) is 0 Å². The zero-order valence-corrected chi connectivity index (χ0v) is 6.95. The Balaban J connectivity index is 4.62. The van der Waals surface area contributed by atoms with E-state index in [4.69, 9.17) is 19.9 Å². The maximum Gasteiger partial charge on any atom is 0.297 e. The third kappa shape index (κ3) is 3.56. The Morgan fingerprint density at radius 3 is 2.00 bits per heavy atom. The van der Waals surface area contributed by atoms with Gasteiger partial charge in [0.05, 0.1) is 0 Å². The summed E-state index contributed by atoms with van der Waals surface area (Å²) < 4.78 is 29.1. The molecule has 0 bridgehead atoms. The van der Waals surface area contributed by atoms with E-state index in [1.807, 2.05) is 0 Å². The van der Waals surface area contributed by atoms with E-state index in [-0.39, 0.29) is 19.4 Å². The summed E-state index contributed by atoms with van der Waals surface area (Å²) in [5, 5.41) is 25.1. The van der Waals surface area contributed by atoms with E-state index >= 15 is 0 Å². The number of hydrogen-bond donors (Lipinski definition) is 4.